The summed E-state index contributed by atoms with van der Waals surface area (Å²) in [7, 11) is 0. The molecule has 0 nitrogen and oxygen atoms in total. The summed E-state index contributed by atoms with van der Waals surface area (Å²) in [4.78, 5) is 0.414. The fourth-order valence-electron chi connectivity index (χ4n) is 0.533. The number of halogens is 1. The lowest BCUT2D eigenvalue weighted by atomic mass is 10.4. The van der Waals surface area contributed by atoms with Gasteiger partial charge in [0.05, 0.1) is 4.83 Å². The van der Waals surface area contributed by atoms with Crippen LogP contribution in [0.1, 0.15) is 0 Å². The summed E-state index contributed by atoms with van der Waals surface area (Å²) in [5, 5.41) is 0. The maximum absolute atomic E-state index is 3.42. The quantitative estimate of drug-likeness (QED) is 0.491. The molecule has 0 N–H and O–H groups in total. The molecule has 8 heavy (non-hydrogen) atoms. The van der Waals surface area contributed by atoms with Crippen LogP contribution in [0, 0.1) is 0 Å². The van der Waals surface area contributed by atoms with Crippen LogP contribution in [0.2, 0.25) is 0 Å². The van der Waals surface area contributed by atoms with Crippen molar-refractivity contribution in [2.45, 2.75) is 4.83 Å². The number of alkyl halides is 1. The van der Waals surface area contributed by atoms with Gasteiger partial charge in [0, 0.05) is 0 Å². The van der Waals surface area contributed by atoms with Gasteiger partial charge in [-0.1, -0.05) is 52.4 Å². The van der Waals surface area contributed by atoms with Crippen molar-refractivity contribution in [2.75, 3.05) is 0 Å². The van der Waals surface area contributed by atoms with Crippen molar-refractivity contribution in [3.8, 4) is 0 Å². The molecule has 0 amide bonds. The van der Waals surface area contributed by atoms with Crippen LogP contribution >= 0.6 is 15.9 Å². The van der Waals surface area contributed by atoms with Crippen molar-refractivity contribution < 1.29 is 0 Å². The molecule has 0 radical (unpaired) electrons. The second kappa shape index (κ2) is 2.88. The topological polar surface area (TPSA) is 0 Å². The first-order valence-corrected chi connectivity index (χ1v) is 3.47. The minimum Gasteiger partial charge on any atom is -0.0799 e. The summed E-state index contributed by atoms with van der Waals surface area (Å²) in [6.07, 6.45) is 12.2. The van der Waals surface area contributed by atoms with E-state index in [9.17, 15) is 0 Å². The standard InChI is InChI=1S/C7H7Br/c8-7-5-3-1-2-4-6-7/h1-7H. The molecule has 1 aliphatic rings. The van der Waals surface area contributed by atoms with Gasteiger partial charge < -0.3 is 0 Å². The molecule has 0 heterocycles. The Labute approximate surface area is 57.7 Å². The van der Waals surface area contributed by atoms with Crippen molar-refractivity contribution >= 4 is 15.9 Å². The van der Waals surface area contributed by atoms with Gasteiger partial charge in [-0.25, -0.2) is 0 Å². The van der Waals surface area contributed by atoms with Gasteiger partial charge in [0.1, 0.15) is 0 Å². The molecule has 0 bridgehead atoms. The van der Waals surface area contributed by atoms with Crippen LogP contribution in [-0.2, 0) is 0 Å². The van der Waals surface area contributed by atoms with E-state index in [0.29, 0.717) is 4.83 Å². The molecule has 0 aromatic carbocycles. The Balaban J connectivity index is 2.66. The lowest BCUT2D eigenvalue weighted by Gasteiger charge is -1.88. The molecule has 42 valence electrons. The minimum atomic E-state index is 0.414. The van der Waals surface area contributed by atoms with Gasteiger partial charge in [-0.3, -0.25) is 0 Å². The third-order valence-electron chi connectivity index (χ3n) is 0.923. The van der Waals surface area contributed by atoms with Crippen LogP contribution < -0.4 is 0 Å². The summed E-state index contributed by atoms with van der Waals surface area (Å²) >= 11 is 3.42. The maximum Gasteiger partial charge on any atom is 0.0511 e. The third kappa shape index (κ3) is 1.66. The van der Waals surface area contributed by atoms with Crippen molar-refractivity contribution in [3.63, 3.8) is 0 Å². The van der Waals surface area contributed by atoms with Crippen LogP contribution in [-0.4, -0.2) is 4.83 Å². The summed E-state index contributed by atoms with van der Waals surface area (Å²) in [6.45, 7) is 0. The van der Waals surface area contributed by atoms with E-state index in [0.717, 1.165) is 0 Å². The molecule has 1 aliphatic carbocycles. The number of rotatable bonds is 0. The summed E-state index contributed by atoms with van der Waals surface area (Å²) in [5.41, 5.74) is 0. The van der Waals surface area contributed by atoms with Gasteiger partial charge in [0.2, 0.25) is 0 Å². The average molecular weight is 171 g/mol. The zero-order valence-corrected chi connectivity index (χ0v) is 6.01. The van der Waals surface area contributed by atoms with Crippen LogP contribution in [0.5, 0.6) is 0 Å². The van der Waals surface area contributed by atoms with E-state index in [1.807, 2.05) is 24.3 Å². The molecule has 0 saturated carbocycles. The van der Waals surface area contributed by atoms with Crippen LogP contribution in [0.15, 0.2) is 36.5 Å². The van der Waals surface area contributed by atoms with Crippen LogP contribution in [0.25, 0.3) is 0 Å². The monoisotopic (exact) mass is 170 g/mol. The fourth-order valence-corrected chi connectivity index (χ4v) is 0.885. The van der Waals surface area contributed by atoms with Gasteiger partial charge in [-0.15, -0.1) is 0 Å². The first kappa shape index (κ1) is 5.83. The number of allylic oxidation sites excluding steroid dienone is 6. The zero-order valence-electron chi connectivity index (χ0n) is 4.42. The maximum atomic E-state index is 3.42. The van der Waals surface area contributed by atoms with E-state index < -0.39 is 0 Å². The van der Waals surface area contributed by atoms with Crippen LogP contribution in [0.3, 0.4) is 0 Å². The van der Waals surface area contributed by atoms with Gasteiger partial charge in [-0.05, 0) is 0 Å². The highest BCUT2D eigenvalue weighted by Gasteiger charge is 1.89. The lowest BCUT2D eigenvalue weighted by molar-refractivity contribution is 1.46. The summed E-state index contributed by atoms with van der Waals surface area (Å²) in [5.74, 6) is 0. The molecular weight excluding hydrogens is 164 g/mol. The van der Waals surface area contributed by atoms with Crippen molar-refractivity contribution in [1.82, 2.24) is 0 Å². The van der Waals surface area contributed by atoms with Crippen molar-refractivity contribution in [3.05, 3.63) is 36.5 Å². The average Bonchev–Trinajstić information content (AvgIpc) is 1.94. The van der Waals surface area contributed by atoms with Crippen molar-refractivity contribution in [1.29, 1.82) is 0 Å². The Kier molecular flexibility index (Phi) is 2.10. The Hall–Kier alpha value is -0.300. The van der Waals surface area contributed by atoms with E-state index >= 15 is 0 Å². The first-order chi connectivity index (χ1) is 3.89. The second-order valence-electron chi connectivity index (χ2n) is 1.60. The molecule has 0 fully saturated rings. The largest absolute Gasteiger partial charge is 0.0799 e. The molecular formula is C7H7Br. The Morgan fingerprint density at radius 2 is 1.38 bits per heavy atom. The molecule has 0 spiro atoms. The predicted molar refractivity (Wildman–Crippen MR) is 40.1 cm³/mol. The van der Waals surface area contributed by atoms with Gasteiger partial charge in [-0.2, -0.15) is 0 Å². The van der Waals surface area contributed by atoms with Crippen LogP contribution in [0.4, 0.5) is 0 Å². The Bertz CT molecular complexity index is 126. The predicted octanol–water partition coefficient (Wildman–Crippen LogP) is 2.43. The highest BCUT2D eigenvalue weighted by atomic mass is 79.9. The molecule has 0 unspecified atom stereocenters. The molecule has 0 atom stereocenters. The number of hydrogen-bond donors (Lipinski definition) is 0. The van der Waals surface area contributed by atoms with Gasteiger partial charge in [0.25, 0.3) is 0 Å². The van der Waals surface area contributed by atoms with E-state index in [4.69, 9.17) is 0 Å². The Morgan fingerprint density at radius 1 is 0.875 bits per heavy atom. The molecule has 0 aliphatic heterocycles. The lowest BCUT2D eigenvalue weighted by Crippen LogP contribution is -1.80. The van der Waals surface area contributed by atoms with Crippen molar-refractivity contribution in [2.24, 2.45) is 0 Å². The summed E-state index contributed by atoms with van der Waals surface area (Å²) < 4.78 is 0. The highest BCUT2D eigenvalue weighted by molar-refractivity contribution is 9.09. The minimum absolute atomic E-state index is 0.414. The Morgan fingerprint density at radius 3 is 1.88 bits per heavy atom. The van der Waals surface area contributed by atoms with Gasteiger partial charge in [0.15, 0.2) is 0 Å². The summed E-state index contributed by atoms with van der Waals surface area (Å²) in [6, 6.07) is 0. The SMILES string of the molecule is BrC1C=CC=CC=C1. The smallest absolute Gasteiger partial charge is 0.0511 e. The fraction of sp³-hybridized carbons (Fsp3) is 0.143. The molecule has 0 saturated heterocycles. The number of hydrogen-bond acceptors (Lipinski definition) is 0. The molecule has 0 aromatic heterocycles. The normalized spacial score (nSPS) is 19.1. The van der Waals surface area contributed by atoms with E-state index in [-0.39, 0.29) is 0 Å². The second-order valence-corrected chi connectivity index (χ2v) is 2.66. The third-order valence-corrected chi connectivity index (χ3v) is 1.53. The van der Waals surface area contributed by atoms with E-state index in [1.165, 1.54) is 0 Å². The highest BCUT2D eigenvalue weighted by Crippen LogP contribution is 2.05. The van der Waals surface area contributed by atoms with E-state index in [2.05, 4.69) is 28.1 Å². The first-order valence-electron chi connectivity index (χ1n) is 2.55. The molecule has 1 rings (SSSR count). The van der Waals surface area contributed by atoms with E-state index in [1.54, 1.807) is 0 Å². The molecule has 1 heteroatoms. The zero-order chi connectivity index (χ0) is 5.82. The molecule has 0 aromatic rings. The van der Waals surface area contributed by atoms with Gasteiger partial charge >= 0.3 is 0 Å².